The van der Waals surface area contributed by atoms with Gasteiger partial charge in [0.15, 0.2) is 0 Å². The Morgan fingerprint density at radius 1 is 1.59 bits per heavy atom. The van der Waals surface area contributed by atoms with Crippen LogP contribution in [0.25, 0.3) is 16.6 Å². The molecule has 2 aromatic heterocycles. The van der Waals surface area contributed by atoms with Crippen molar-refractivity contribution in [2.75, 3.05) is 0 Å². The average molecular weight is 231 g/mol. The molecule has 0 spiro atoms. The standard InChI is InChI=1S/C12H13N3O2/c1-15-5-4-9-11(15)13-10(14-12(9)17)7-2-3-8(16)6-7/h4-6,8,16H,2-3H2,1H3,(H,13,14,17). The summed E-state index contributed by atoms with van der Waals surface area (Å²) in [5, 5.41) is 10.0. The van der Waals surface area contributed by atoms with Crippen molar-refractivity contribution in [1.82, 2.24) is 14.5 Å². The second-order valence-electron chi connectivity index (χ2n) is 4.38. The number of fused-ring (bicyclic) bond motifs is 1. The molecule has 1 unspecified atom stereocenters. The Morgan fingerprint density at radius 2 is 2.41 bits per heavy atom. The molecule has 0 saturated carbocycles. The van der Waals surface area contributed by atoms with Crippen molar-refractivity contribution in [2.24, 2.45) is 7.05 Å². The highest BCUT2D eigenvalue weighted by atomic mass is 16.3. The predicted molar refractivity (Wildman–Crippen MR) is 64.6 cm³/mol. The quantitative estimate of drug-likeness (QED) is 0.762. The average Bonchev–Trinajstić information content (AvgIpc) is 2.87. The summed E-state index contributed by atoms with van der Waals surface area (Å²) in [7, 11) is 1.86. The third-order valence-electron chi connectivity index (χ3n) is 3.14. The fraction of sp³-hybridized carbons (Fsp3) is 0.333. The molecule has 0 bridgehead atoms. The number of aromatic nitrogens is 3. The van der Waals surface area contributed by atoms with Crippen LogP contribution in [0, 0.1) is 0 Å². The van der Waals surface area contributed by atoms with E-state index in [1.54, 1.807) is 12.1 Å². The highest BCUT2D eigenvalue weighted by Crippen LogP contribution is 2.25. The van der Waals surface area contributed by atoms with Crippen LogP contribution in [0.15, 0.2) is 23.1 Å². The van der Waals surface area contributed by atoms with Gasteiger partial charge in [0.2, 0.25) is 0 Å². The van der Waals surface area contributed by atoms with Gasteiger partial charge >= 0.3 is 0 Å². The molecule has 2 aromatic rings. The molecule has 0 radical (unpaired) electrons. The number of aromatic amines is 1. The maximum Gasteiger partial charge on any atom is 0.260 e. The Hall–Kier alpha value is -1.88. The van der Waals surface area contributed by atoms with E-state index in [-0.39, 0.29) is 5.56 Å². The Labute approximate surface area is 97.4 Å². The molecule has 2 N–H and O–H groups in total. The molecule has 3 rings (SSSR count). The van der Waals surface area contributed by atoms with E-state index < -0.39 is 6.10 Å². The lowest BCUT2D eigenvalue weighted by Crippen LogP contribution is -2.11. The Kier molecular flexibility index (Phi) is 2.16. The van der Waals surface area contributed by atoms with Gasteiger partial charge in [-0.15, -0.1) is 0 Å². The minimum Gasteiger partial charge on any atom is -0.389 e. The first-order valence-electron chi connectivity index (χ1n) is 5.59. The van der Waals surface area contributed by atoms with Gasteiger partial charge in [0, 0.05) is 13.2 Å². The van der Waals surface area contributed by atoms with E-state index in [1.807, 2.05) is 17.8 Å². The van der Waals surface area contributed by atoms with Crippen molar-refractivity contribution in [3.63, 3.8) is 0 Å². The van der Waals surface area contributed by atoms with E-state index >= 15 is 0 Å². The summed E-state index contributed by atoms with van der Waals surface area (Å²) in [6.45, 7) is 0. The lowest BCUT2D eigenvalue weighted by atomic mass is 10.2. The first-order valence-corrected chi connectivity index (χ1v) is 5.59. The van der Waals surface area contributed by atoms with Gasteiger partial charge in [0.1, 0.15) is 11.5 Å². The summed E-state index contributed by atoms with van der Waals surface area (Å²) < 4.78 is 1.82. The molecule has 88 valence electrons. The summed E-state index contributed by atoms with van der Waals surface area (Å²) in [6, 6.07) is 1.75. The SMILES string of the molecule is Cn1ccc2c(=O)[nH]c(C3=CC(O)CC3)nc21. The lowest BCUT2D eigenvalue weighted by molar-refractivity contribution is 0.223. The zero-order chi connectivity index (χ0) is 12.0. The van der Waals surface area contributed by atoms with E-state index in [0.717, 1.165) is 12.0 Å². The van der Waals surface area contributed by atoms with Gasteiger partial charge in [-0.3, -0.25) is 4.79 Å². The Morgan fingerprint density at radius 3 is 3.12 bits per heavy atom. The number of nitrogens with one attached hydrogen (secondary N) is 1. The summed E-state index contributed by atoms with van der Waals surface area (Å²) in [6.07, 6.45) is 4.60. The number of aryl methyl sites for hydroxylation is 1. The first kappa shape index (κ1) is 10.3. The molecule has 17 heavy (non-hydrogen) atoms. The fourth-order valence-corrected chi connectivity index (χ4v) is 2.20. The second-order valence-corrected chi connectivity index (χ2v) is 4.38. The molecule has 1 aliphatic carbocycles. The van der Waals surface area contributed by atoms with Crippen LogP contribution in [-0.2, 0) is 7.05 Å². The Balaban J connectivity index is 2.22. The second kappa shape index (κ2) is 3.56. The van der Waals surface area contributed by atoms with Crippen molar-refractivity contribution < 1.29 is 5.11 Å². The molecule has 1 atom stereocenters. The monoisotopic (exact) mass is 231 g/mol. The molecule has 0 aromatic carbocycles. The van der Waals surface area contributed by atoms with Crippen LogP contribution >= 0.6 is 0 Å². The van der Waals surface area contributed by atoms with Crippen LogP contribution in [0.1, 0.15) is 18.7 Å². The van der Waals surface area contributed by atoms with Crippen LogP contribution in [0.5, 0.6) is 0 Å². The van der Waals surface area contributed by atoms with Gasteiger partial charge in [0.05, 0.1) is 11.5 Å². The van der Waals surface area contributed by atoms with Gasteiger partial charge in [0.25, 0.3) is 5.56 Å². The van der Waals surface area contributed by atoms with Crippen molar-refractivity contribution in [3.8, 4) is 0 Å². The number of hydrogen-bond acceptors (Lipinski definition) is 3. The van der Waals surface area contributed by atoms with E-state index in [9.17, 15) is 9.90 Å². The van der Waals surface area contributed by atoms with E-state index in [0.29, 0.717) is 23.3 Å². The summed E-state index contributed by atoms with van der Waals surface area (Å²) in [5.41, 5.74) is 1.46. The first-order chi connectivity index (χ1) is 8.15. The van der Waals surface area contributed by atoms with Crippen LogP contribution in [0.4, 0.5) is 0 Å². The lowest BCUT2D eigenvalue weighted by Gasteiger charge is -2.02. The van der Waals surface area contributed by atoms with Crippen LogP contribution in [0.2, 0.25) is 0 Å². The third kappa shape index (κ3) is 1.59. The summed E-state index contributed by atoms with van der Waals surface area (Å²) in [5.74, 6) is 0.570. The molecule has 0 aliphatic heterocycles. The van der Waals surface area contributed by atoms with Gasteiger partial charge in [-0.1, -0.05) is 0 Å². The largest absolute Gasteiger partial charge is 0.389 e. The number of H-pyrrole nitrogens is 1. The van der Waals surface area contributed by atoms with Crippen molar-refractivity contribution >= 4 is 16.6 Å². The topological polar surface area (TPSA) is 70.9 Å². The van der Waals surface area contributed by atoms with Crippen LogP contribution in [0.3, 0.4) is 0 Å². The minimum atomic E-state index is -0.417. The minimum absolute atomic E-state index is 0.132. The normalized spacial score (nSPS) is 19.9. The number of hydrogen-bond donors (Lipinski definition) is 2. The van der Waals surface area contributed by atoms with Gasteiger partial charge < -0.3 is 14.7 Å². The Bertz CT molecular complexity index is 666. The third-order valence-corrected chi connectivity index (χ3v) is 3.14. The number of allylic oxidation sites excluding steroid dienone is 1. The molecule has 5 heteroatoms. The van der Waals surface area contributed by atoms with Crippen molar-refractivity contribution in [2.45, 2.75) is 18.9 Å². The van der Waals surface area contributed by atoms with E-state index in [2.05, 4.69) is 9.97 Å². The predicted octanol–water partition coefficient (Wildman–Crippen LogP) is 0.800. The summed E-state index contributed by atoms with van der Waals surface area (Å²) in [4.78, 5) is 19.1. The fourth-order valence-electron chi connectivity index (χ4n) is 2.20. The van der Waals surface area contributed by atoms with Crippen LogP contribution < -0.4 is 5.56 Å². The highest BCUT2D eigenvalue weighted by Gasteiger charge is 2.17. The molecular weight excluding hydrogens is 218 g/mol. The highest BCUT2D eigenvalue weighted by molar-refractivity contribution is 5.77. The van der Waals surface area contributed by atoms with Crippen LogP contribution in [-0.4, -0.2) is 25.7 Å². The van der Waals surface area contributed by atoms with Crippen molar-refractivity contribution in [1.29, 1.82) is 0 Å². The molecule has 0 fully saturated rings. The zero-order valence-corrected chi connectivity index (χ0v) is 9.47. The van der Waals surface area contributed by atoms with E-state index in [1.165, 1.54) is 0 Å². The molecule has 0 amide bonds. The molecule has 2 heterocycles. The molecule has 5 nitrogen and oxygen atoms in total. The molecule has 1 aliphatic rings. The smallest absolute Gasteiger partial charge is 0.260 e. The van der Waals surface area contributed by atoms with E-state index in [4.69, 9.17) is 0 Å². The number of rotatable bonds is 1. The van der Waals surface area contributed by atoms with Gasteiger partial charge in [-0.25, -0.2) is 4.98 Å². The number of aliphatic hydroxyl groups is 1. The number of aliphatic hydroxyl groups excluding tert-OH is 1. The van der Waals surface area contributed by atoms with Gasteiger partial charge in [-0.2, -0.15) is 0 Å². The molecular formula is C12H13N3O2. The van der Waals surface area contributed by atoms with Crippen molar-refractivity contribution in [3.05, 3.63) is 34.5 Å². The molecule has 0 saturated heterocycles. The maximum absolute atomic E-state index is 11.9. The number of nitrogens with zero attached hydrogens (tertiary/aromatic N) is 2. The summed E-state index contributed by atoms with van der Waals surface area (Å²) >= 11 is 0. The zero-order valence-electron chi connectivity index (χ0n) is 9.47. The van der Waals surface area contributed by atoms with Gasteiger partial charge in [-0.05, 0) is 30.6 Å². The maximum atomic E-state index is 11.9.